The van der Waals surface area contributed by atoms with E-state index in [2.05, 4.69) is 186 Å². The van der Waals surface area contributed by atoms with Gasteiger partial charge < -0.3 is 33.8 Å². The van der Waals surface area contributed by atoms with Crippen molar-refractivity contribution in [3.05, 3.63) is 182 Å². The number of phosphoric ester groups is 2. The zero-order valence-corrected chi connectivity index (χ0v) is 67.3. The van der Waals surface area contributed by atoms with E-state index in [9.17, 15) is 43.2 Å². The smallest absolute Gasteiger partial charge is 0.462 e. The van der Waals surface area contributed by atoms with Crippen molar-refractivity contribution in [3.63, 3.8) is 0 Å². The minimum atomic E-state index is -5.01. The molecule has 19 heteroatoms. The molecule has 0 aliphatic rings. The molecule has 0 aliphatic carbocycles. The molecule has 0 heterocycles. The maximum absolute atomic E-state index is 13.1. The highest BCUT2D eigenvalue weighted by Crippen LogP contribution is 2.45. The maximum Gasteiger partial charge on any atom is 0.472 e. The van der Waals surface area contributed by atoms with E-state index in [0.29, 0.717) is 38.5 Å². The van der Waals surface area contributed by atoms with Crippen LogP contribution < -0.4 is 0 Å². The predicted octanol–water partition coefficient (Wildman–Crippen LogP) is 23.6. The number of hydrogen-bond donors (Lipinski definition) is 3. The number of ether oxygens (including phenoxy) is 4. The SMILES string of the molecule is CC/C=C\C/C=C\C/C=C\C/C=C\C/C=C\CCCC(=O)OCC(COP(=O)(O)OCC(O)COP(=O)(O)OCC(COC(=O)CCCCCCCC/C=C\C/C=C\C/C=C\CCCCC)OC(=O)CCC/C=C\C/C=C\C/C=C\C/C=C\C/C=C\CC)OC(=O)CCCCCCC/C=C\C/C=C\CCC. The molecule has 0 fully saturated rings. The van der Waals surface area contributed by atoms with Crippen LogP contribution >= 0.6 is 15.6 Å². The summed E-state index contributed by atoms with van der Waals surface area (Å²) in [7, 11) is -10.0. The first-order chi connectivity index (χ1) is 51.7. The molecule has 106 heavy (non-hydrogen) atoms. The number of phosphoric acid groups is 2. The van der Waals surface area contributed by atoms with E-state index in [0.717, 1.165) is 173 Å². The van der Waals surface area contributed by atoms with Crippen molar-refractivity contribution in [2.45, 2.75) is 303 Å². The van der Waals surface area contributed by atoms with E-state index in [1.54, 1.807) is 0 Å². The highest BCUT2D eigenvalue weighted by molar-refractivity contribution is 7.47. The lowest BCUT2D eigenvalue weighted by molar-refractivity contribution is -0.161. The van der Waals surface area contributed by atoms with Crippen LogP contribution in [0, 0.1) is 0 Å². The summed E-state index contributed by atoms with van der Waals surface area (Å²) < 4.78 is 68.5. The molecular formula is C87H140O17P2. The van der Waals surface area contributed by atoms with Crippen molar-refractivity contribution >= 4 is 39.5 Å². The number of hydrogen-bond acceptors (Lipinski definition) is 15. The van der Waals surface area contributed by atoms with Crippen molar-refractivity contribution in [1.82, 2.24) is 0 Å². The lowest BCUT2D eigenvalue weighted by atomic mass is 10.1. The molecule has 0 bridgehead atoms. The number of rotatable bonds is 73. The molecule has 0 saturated carbocycles. The molecule has 0 amide bonds. The van der Waals surface area contributed by atoms with Gasteiger partial charge in [0.2, 0.25) is 0 Å². The van der Waals surface area contributed by atoms with Gasteiger partial charge in [-0.2, -0.15) is 0 Å². The number of allylic oxidation sites excluding steroid dienone is 30. The maximum atomic E-state index is 13.1. The van der Waals surface area contributed by atoms with E-state index < -0.39 is 97.5 Å². The van der Waals surface area contributed by atoms with Gasteiger partial charge in [-0.25, -0.2) is 9.13 Å². The Labute approximate surface area is 641 Å². The van der Waals surface area contributed by atoms with Crippen LogP contribution in [-0.4, -0.2) is 96.7 Å². The lowest BCUT2D eigenvalue weighted by Gasteiger charge is -2.21. The molecular weight excluding hydrogens is 1380 g/mol. The molecule has 0 spiro atoms. The van der Waals surface area contributed by atoms with Gasteiger partial charge in [0.15, 0.2) is 12.2 Å². The van der Waals surface area contributed by atoms with Gasteiger partial charge in [0.25, 0.3) is 0 Å². The third kappa shape index (κ3) is 76.4. The number of carbonyl (C=O) groups is 4. The van der Waals surface area contributed by atoms with Crippen LogP contribution in [0.1, 0.15) is 285 Å². The molecule has 5 atom stereocenters. The Hall–Kier alpha value is -5.84. The van der Waals surface area contributed by atoms with Gasteiger partial charge in [0.05, 0.1) is 26.4 Å². The summed E-state index contributed by atoms with van der Waals surface area (Å²) in [6.45, 7) is 4.37. The van der Waals surface area contributed by atoms with Crippen molar-refractivity contribution in [1.29, 1.82) is 0 Å². The lowest BCUT2D eigenvalue weighted by Crippen LogP contribution is -2.30. The van der Waals surface area contributed by atoms with Crippen LogP contribution in [0.2, 0.25) is 0 Å². The molecule has 600 valence electrons. The Kier molecular flexibility index (Phi) is 73.1. The summed E-state index contributed by atoms with van der Waals surface area (Å²) in [6, 6.07) is 0. The van der Waals surface area contributed by atoms with Crippen LogP contribution in [0.25, 0.3) is 0 Å². The number of unbranched alkanes of at least 4 members (excludes halogenated alkanes) is 17. The molecule has 3 N–H and O–H groups in total. The monoisotopic (exact) mass is 1520 g/mol. The molecule has 5 unspecified atom stereocenters. The van der Waals surface area contributed by atoms with E-state index in [1.165, 1.54) is 19.3 Å². The topological polar surface area (TPSA) is 237 Å². The van der Waals surface area contributed by atoms with E-state index in [4.69, 9.17) is 37.0 Å². The van der Waals surface area contributed by atoms with Crippen molar-refractivity contribution in [2.75, 3.05) is 39.6 Å². The Morgan fingerprint density at radius 3 is 0.840 bits per heavy atom. The summed E-state index contributed by atoms with van der Waals surface area (Å²) in [5.74, 6) is -2.36. The van der Waals surface area contributed by atoms with Crippen LogP contribution in [0.15, 0.2) is 182 Å². The standard InChI is InChI=1S/C87H140O17P2/c1-5-9-13-17-21-25-29-33-36-39-40-43-45-49-52-56-60-64-68-72-85(90)98-78-83(104-87(92)74-70-66-62-58-54-50-46-42-38-35-31-27-23-19-15-11-7-3)80-102-106(95,96)100-76-81(88)75-99-105(93,94)101-79-82(103-86(91)73-69-65-61-57-53-47-32-28-24-20-16-12-8-4)77-97-84(89)71-67-63-59-55-51-48-44-41-37-34-30-26-22-18-14-10-6-2/h10-11,14-16,20-23,25-28,32-38,40,43-44,46,48,50,55,58-59,62,81-83,88H,5-9,12-13,17-19,24,29-31,39,41-42,45,47,49,51-54,56-57,60-61,63-80H2,1-4H3,(H,93,94)(H,95,96)/b14-10-,15-11-,20-16-,25-21-,26-22-,27-23-,32-28-,36-33-,37-34-,38-35-,43-40-,48-44-,50-46-,59-55-,62-58-. The number of esters is 4. The largest absolute Gasteiger partial charge is 0.472 e. The summed E-state index contributed by atoms with van der Waals surface area (Å²) in [4.78, 5) is 73.0. The normalized spacial score (nSPS) is 14.8. The summed E-state index contributed by atoms with van der Waals surface area (Å²) in [5.41, 5.74) is 0. The van der Waals surface area contributed by atoms with Gasteiger partial charge in [-0.15, -0.1) is 0 Å². The van der Waals surface area contributed by atoms with Crippen LogP contribution in [0.3, 0.4) is 0 Å². The van der Waals surface area contributed by atoms with Crippen molar-refractivity contribution in [3.8, 4) is 0 Å². The fourth-order valence-electron chi connectivity index (χ4n) is 9.81. The zero-order valence-electron chi connectivity index (χ0n) is 65.5. The number of aliphatic hydroxyl groups is 1. The minimum absolute atomic E-state index is 0.00529. The Morgan fingerprint density at radius 1 is 0.274 bits per heavy atom. The third-order valence-corrected chi connectivity index (χ3v) is 17.7. The Bertz CT molecular complexity index is 2730. The molecule has 0 aliphatic heterocycles. The average molecular weight is 1520 g/mol. The Balaban J connectivity index is 5.49. The molecule has 17 nitrogen and oxygen atoms in total. The van der Waals surface area contributed by atoms with Crippen LogP contribution in [0.4, 0.5) is 0 Å². The first-order valence-corrected chi connectivity index (χ1v) is 43.0. The second-order valence-electron chi connectivity index (χ2n) is 25.9. The first-order valence-electron chi connectivity index (χ1n) is 40.0. The summed E-state index contributed by atoms with van der Waals surface area (Å²) in [5, 5.41) is 10.6. The van der Waals surface area contributed by atoms with Gasteiger partial charge >= 0.3 is 39.5 Å². The minimum Gasteiger partial charge on any atom is -0.462 e. The van der Waals surface area contributed by atoms with Crippen molar-refractivity contribution in [2.24, 2.45) is 0 Å². The predicted molar refractivity (Wildman–Crippen MR) is 436 cm³/mol. The highest BCUT2D eigenvalue weighted by Gasteiger charge is 2.30. The quantitative estimate of drug-likeness (QED) is 0.0169. The zero-order chi connectivity index (χ0) is 77.4. The number of carbonyl (C=O) groups excluding carboxylic acids is 4. The second-order valence-corrected chi connectivity index (χ2v) is 28.8. The fraction of sp³-hybridized carbons (Fsp3) is 0.609. The van der Waals surface area contributed by atoms with E-state index in [1.807, 2.05) is 24.3 Å². The van der Waals surface area contributed by atoms with E-state index >= 15 is 0 Å². The summed E-state index contributed by atoms with van der Waals surface area (Å²) in [6.07, 6.45) is 93.2. The summed E-state index contributed by atoms with van der Waals surface area (Å²) >= 11 is 0. The third-order valence-electron chi connectivity index (χ3n) is 15.8. The fourth-order valence-corrected chi connectivity index (χ4v) is 11.4. The van der Waals surface area contributed by atoms with Crippen LogP contribution in [-0.2, 0) is 65.4 Å². The van der Waals surface area contributed by atoms with Gasteiger partial charge in [-0.05, 0) is 167 Å². The first kappa shape index (κ1) is 100. The van der Waals surface area contributed by atoms with Gasteiger partial charge in [-0.3, -0.25) is 37.3 Å². The molecule has 0 radical (unpaired) electrons. The Morgan fingerprint density at radius 2 is 0.519 bits per heavy atom. The average Bonchev–Trinajstić information content (AvgIpc) is 0.937. The van der Waals surface area contributed by atoms with Crippen LogP contribution in [0.5, 0.6) is 0 Å². The second kappa shape index (κ2) is 77.3. The molecule has 0 aromatic carbocycles. The van der Waals surface area contributed by atoms with Gasteiger partial charge in [-0.1, -0.05) is 274 Å². The molecule has 0 aromatic rings. The molecule has 0 saturated heterocycles. The number of aliphatic hydroxyl groups excluding tert-OH is 1. The van der Waals surface area contributed by atoms with Gasteiger partial charge in [0, 0.05) is 25.7 Å². The molecule has 0 aromatic heterocycles. The van der Waals surface area contributed by atoms with Gasteiger partial charge in [0.1, 0.15) is 19.3 Å². The van der Waals surface area contributed by atoms with E-state index in [-0.39, 0.29) is 25.7 Å². The highest BCUT2D eigenvalue weighted by atomic mass is 31.2. The van der Waals surface area contributed by atoms with Crippen molar-refractivity contribution < 1.29 is 80.2 Å². The molecule has 0 rings (SSSR count).